The molecule has 7 nitrogen and oxygen atoms in total. The highest BCUT2D eigenvalue weighted by Crippen LogP contribution is 2.03. The third kappa shape index (κ3) is 4.54. The number of aliphatic carboxylic acids is 1. The highest BCUT2D eigenvalue weighted by molar-refractivity contribution is 5.91. The summed E-state index contributed by atoms with van der Waals surface area (Å²) in [5.41, 5.74) is 0.488. The molecule has 0 aliphatic rings. The minimum Gasteiger partial charge on any atom is -0.480 e. The zero-order valence-corrected chi connectivity index (χ0v) is 9.56. The number of aromatic amines is 1. The molecule has 0 radical (unpaired) electrons. The van der Waals surface area contributed by atoms with Gasteiger partial charge in [-0.2, -0.15) is 5.10 Å². The van der Waals surface area contributed by atoms with Crippen molar-refractivity contribution in [2.75, 3.05) is 5.32 Å². The Morgan fingerprint density at radius 2 is 2.35 bits per heavy atom. The molecule has 0 aliphatic heterocycles. The Balaban J connectivity index is 2.43. The van der Waals surface area contributed by atoms with Crippen LogP contribution >= 0.6 is 0 Å². The van der Waals surface area contributed by atoms with Crippen molar-refractivity contribution in [2.24, 2.45) is 0 Å². The van der Waals surface area contributed by atoms with Crippen molar-refractivity contribution in [3.8, 4) is 0 Å². The second kappa shape index (κ2) is 6.51. The molecule has 1 aromatic rings. The molecule has 2 amide bonds. The highest BCUT2D eigenvalue weighted by atomic mass is 16.4. The van der Waals surface area contributed by atoms with Crippen LogP contribution in [-0.4, -0.2) is 33.3 Å². The molecule has 0 bridgehead atoms. The first-order valence-corrected chi connectivity index (χ1v) is 5.42. The number of hydrogen-bond acceptors (Lipinski definition) is 3. The lowest BCUT2D eigenvalue weighted by Gasteiger charge is -2.14. The quantitative estimate of drug-likeness (QED) is 0.598. The average molecular weight is 240 g/mol. The molecule has 0 saturated carbocycles. The van der Waals surface area contributed by atoms with E-state index in [0.717, 1.165) is 12.8 Å². The van der Waals surface area contributed by atoms with Crippen LogP contribution in [0.3, 0.4) is 0 Å². The Morgan fingerprint density at radius 1 is 1.59 bits per heavy atom. The van der Waals surface area contributed by atoms with E-state index in [9.17, 15) is 9.59 Å². The summed E-state index contributed by atoms with van der Waals surface area (Å²) < 4.78 is 0. The van der Waals surface area contributed by atoms with Gasteiger partial charge in [0.05, 0.1) is 11.9 Å². The summed E-state index contributed by atoms with van der Waals surface area (Å²) >= 11 is 0. The topological polar surface area (TPSA) is 107 Å². The van der Waals surface area contributed by atoms with Gasteiger partial charge in [0.1, 0.15) is 6.04 Å². The van der Waals surface area contributed by atoms with E-state index in [-0.39, 0.29) is 0 Å². The second-order valence-corrected chi connectivity index (χ2v) is 3.62. The second-order valence-electron chi connectivity index (χ2n) is 3.62. The minimum absolute atomic E-state index is 0.421. The number of nitrogens with zero attached hydrogens (tertiary/aromatic N) is 1. The predicted molar refractivity (Wildman–Crippen MR) is 61.7 cm³/mol. The van der Waals surface area contributed by atoms with Gasteiger partial charge in [0.25, 0.3) is 0 Å². The van der Waals surface area contributed by atoms with Crippen molar-refractivity contribution in [1.29, 1.82) is 0 Å². The van der Waals surface area contributed by atoms with Crippen LogP contribution in [0.5, 0.6) is 0 Å². The maximum Gasteiger partial charge on any atom is 0.326 e. The average Bonchev–Trinajstić information content (AvgIpc) is 2.76. The van der Waals surface area contributed by atoms with Crippen LogP contribution < -0.4 is 10.6 Å². The first-order chi connectivity index (χ1) is 8.13. The summed E-state index contributed by atoms with van der Waals surface area (Å²) in [6.45, 7) is 1.96. The summed E-state index contributed by atoms with van der Waals surface area (Å²) in [7, 11) is 0. The fourth-order valence-electron chi connectivity index (χ4n) is 1.31. The molecule has 1 rings (SSSR count). The molecule has 0 aliphatic carbocycles. The van der Waals surface area contributed by atoms with Crippen LogP contribution in [0.15, 0.2) is 12.4 Å². The molecule has 0 saturated heterocycles. The highest BCUT2D eigenvalue weighted by Gasteiger charge is 2.19. The Kier molecular flexibility index (Phi) is 4.99. The zero-order chi connectivity index (χ0) is 12.7. The predicted octanol–water partition coefficient (Wildman–Crippen LogP) is 1.17. The summed E-state index contributed by atoms with van der Waals surface area (Å²) in [4.78, 5) is 22.3. The number of amides is 2. The van der Waals surface area contributed by atoms with Gasteiger partial charge in [0, 0.05) is 6.20 Å². The van der Waals surface area contributed by atoms with Gasteiger partial charge in [0.15, 0.2) is 0 Å². The van der Waals surface area contributed by atoms with E-state index in [1.807, 2.05) is 6.92 Å². The van der Waals surface area contributed by atoms with E-state index < -0.39 is 18.0 Å². The van der Waals surface area contributed by atoms with Crippen LogP contribution in [0.25, 0.3) is 0 Å². The number of hydrogen-bond donors (Lipinski definition) is 4. The summed E-state index contributed by atoms with van der Waals surface area (Å²) in [5.74, 6) is -1.03. The molecule has 17 heavy (non-hydrogen) atoms. The van der Waals surface area contributed by atoms with Gasteiger partial charge in [-0.1, -0.05) is 19.8 Å². The molecule has 0 spiro atoms. The number of carbonyl (C=O) groups is 2. The number of carboxylic acids is 1. The lowest BCUT2D eigenvalue weighted by molar-refractivity contribution is -0.139. The molecule has 7 heteroatoms. The number of nitrogens with one attached hydrogen (secondary N) is 3. The lowest BCUT2D eigenvalue weighted by Crippen LogP contribution is -2.42. The third-order valence-electron chi connectivity index (χ3n) is 2.21. The van der Waals surface area contributed by atoms with Gasteiger partial charge in [-0.15, -0.1) is 0 Å². The van der Waals surface area contributed by atoms with Crippen LogP contribution in [0, 0.1) is 0 Å². The largest absolute Gasteiger partial charge is 0.480 e. The zero-order valence-electron chi connectivity index (χ0n) is 9.56. The van der Waals surface area contributed by atoms with Crippen molar-refractivity contribution in [3.05, 3.63) is 12.4 Å². The summed E-state index contributed by atoms with van der Waals surface area (Å²) in [6, 6.07) is -1.41. The number of carboxylic acid groups (broad SMARTS) is 1. The van der Waals surface area contributed by atoms with Crippen LogP contribution in [-0.2, 0) is 4.79 Å². The monoisotopic (exact) mass is 240 g/mol. The van der Waals surface area contributed by atoms with Crippen molar-refractivity contribution < 1.29 is 14.7 Å². The number of carbonyl (C=O) groups excluding carboxylic acids is 1. The Morgan fingerprint density at radius 3 is 2.88 bits per heavy atom. The Bertz CT molecular complexity index is 364. The minimum atomic E-state index is -1.03. The number of rotatable bonds is 6. The van der Waals surface area contributed by atoms with Crippen molar-refractivity contribution >= 4 is 17.7 Å². The number of H-pyrrole nitrogens is 1. The first-order valence-electron chi connectivity index (χ1n) is 5.42. The fourth-order valence-corrected chi connectivity index (χ4v) is 1.31. The Hall–Kier alpha value is -2.05. The molecule has 0 fully saturated rings. The molecule has 1 atom stereocenters. The van der Waals surface area contributed by atoms with Crippen molar-refractivity contribution in [2.45, 2.75) is 32.2 Å². The molecule has 94 valence electrons. The van der Waals surface area contributed by atoms with E-state index >= 15 is 0 Å². The fraction of sp³-hybridized carbons (Fsp3) is 0.500. The first kappa shape index (κ1) is 13.0. The van der Waals surface area contributed by atoms with E-state index in [1.54, 1.807) is 0 Å². The molecule has 4 N–H and O–H groups in total. The van der Waals surface area contributed by atoms with Gasteiger partial charge < -0.3 is 15.7 Å². The van der Waals surface area contributed by atoms with Gasteiger partial charge in [-0.05, 0) is 6.42 Å². The number of unbranched alkanes of at least 4 members (excludes halogenated alkanes) is 1. The maximum absolute atomic E-state index is 11.5. The SMILES string of the molecule is CCCC[C@H](NC(=O)Nc1cn[nH]c1)C(=O)O. The molecular weight excluding hydrogens is 224 g/mol. The van der Waals surface area contributed by atoms with E-state index in [4.69, 9.17) is 5.11 Å². The van der Waals surface area contributed by atoms with Gasteiger partial charge in [0.2, 0.25) is 0 Å². The molecule has 0 unspecified atom stereocenters. The smallest absolute Gasteiger partial charge is 0.326 e. The normalized spacial score (nSPS) is 11.8. The van der Waals surface area contributed by atoms with Crippen LogP contribution in [0.4, 0.5) is 10.5 Å². The molecular formula is C10H16N4O3. The van der Waals surface area contributed by atoms with Gasteiger partial charge in [-0.3, -0.25) is 5.10 Å². The number of aromatic nitrogens is 2. The number of urea groups is 1. The standard InChI is InChI=1S/C10H16N4O3/c1-2-3-4-8(9(15)16)14-10(17)13-7-5-11-12-6-7/h5-6,8H,2-4H2,1H3,(H,11,12)(H,15,16)(H2,13,14,17)/t8-/m0/s1. The molecule has 0 aromatic carbocycles. The summed E-state index contributed by atoms with van der Waals surface area (Å²) in [6.07, 6.45) is 4.99. The van der Waals surface area contributed by atoms with Crippen molar-refractivity contribution in [1.82, 2.24) is 15.5 Å². The third-order valence-corrected chi connectivity index (χ3v) is 2.21. The summed E-state index contributed by atoms with van der Waals surface area (Å²) in [5, 5.41) is 20.0. The molecule has 1 heterocycles. The molecule has 1 aromatic heterocycles. The van der Waals surface area contributed by atoms with Crippen LogP contribution in [0.2, 0.25) is 0 Å². The Labute approximate surface area is 98.6 Å². The van der Waals surface area contributed by atoms with E-state index in [1.165, 1.54) is 12.4 Å². The van der Waals surface area contributed by atoms with Gasteiger partial charge >= 0.3 is 12.0 Å². The lowest BCUT2D eigenvalue weighted by atomic mass is 10.1. The van der Waals surface area contributed by atoms with Crippen LogP contribution in [0.1, 0.15) is 26.2 Å². The van der Waals surface area contributed by atoms with E-state index in [0.29, 0.717) is 12.1 Å². The van der Waals surface area contributed by atoms with Gasteiger partial charge in [-0.25, -0.2) is 9.59 Å². The van der Waals surface area contributed by atoms with E-state index in [2.05, 4.69) is 20.8 Å². The number of anilines is 1. The van der Waals surface area contributed by atoms with Crippen molar-refractivity contribution in [3.63, 3.8) is 0 Å². The maximum atomic E-state index is 11.5.